The number of rotatable bonds is 4. The molecule has 15 heteroatoms. The molecule has 238 valence electrons. The second-order valence-electron chi connectivity index (χ2n) is 9.96. The first-order valence-electron chi connectivity index (χ1n) is 14.1. The van der Waals surface area contributed by atoms with Crippen LogP contribution in [0.15, 0.2) is 24.5 Å². The third kappa shape index (κ3) is 9.73. The summed E-state index contributed by atoms with van der Waals surface area (Å²) in [5.41, 5.74) is 4.97. The van der Waals surface area contributed by atoms with Crippen molar-refractivity contribution in [2.75, 3.05) is 70.7 Å². The topological polar surface area (TPSA) is 112 Å². The monoisotopic (exact) mass is 728 g/mol. The first kappa shape index (κ1) is 34.8. The molecule has 0 bridgehead atoms. The molecule has 0 atom stereocenters. The molecule has 4 aromatic rings. The zero-order valence-electron chi connectivity index (χ0n) is 23.5. The fraction of sp³-hybridized carbons (Fsp3) is 0.517. The van der Waals surface area contributed by atoms with Gasteiger partial charge in [0.15, 0.2) is 11.0 Å². The molecule has 4 aromatic heterocycles. The van der Waals surface area contributed by atoms with Crippen molar-refractivity contribution in [3.05, 3.63) is 51.4 Å². The summed E-state index contributed by atoms with van der Waals surface area (Å²) >= 11 is 21.0. The Balaban J connectivity index is 0.000000186. The van der Waals surface area contributed by atoms with Crippen LogP contribution in [0.2, 0.25) is 15.7 Å². The quantitative estimate of drug-likeness (QED) is 0.140. The van der Waals surface area contributed by atoms with Gasteiger partial charge in [0.1, 0.15) is 11.0 Å². The van der Waals surface area contributed by atoms with E-state index in [2.05, 4.69) is 61.7 Å². The van der Waals surface area contributed by atoms with E-state index in [1.807, 2.05) is 12.3 Å². The summed E-state index contributed by atoms with van der Waals surface area (Å²) in [6.45, 7) is 9.28. The van der Waals surface area contributed by atoms with Gasteiger partial charge in [-0.3, -0.25) is 14.9 Å². The van der Waals surface area contributed by atoms with Crippen LogP contribution in [0.3, 0.4) is 0 Å². The van der Waals surface area contributed by atoms with E-state index in [1.165, 1.54) is 12.8 Å². The summed E-state index contributed by atoms with van der Waals surface area (Å²) in [6.07, 6.45) is 6.19. The number of hydrogen-bond donors (Lipinski definition) is 0. The lowest BCUT2D eigenvalue weighted by Crippen LogP contribution is -2.37. The van der Waals surface area contributed by atoms with E-state index in [-0.39, 0.29) is 23.1 Å². The van der Waals surface area contributed by atoms with E-state index in [0.717, 1.165) is 92.5 Å². The van der Waals surface area contributed by atoms with Crippen LogP contribution >= 0.6 is 50.7 Å². The maximum atomic E-state index is 6.15. The Bertz CT molecular complexity index is 1500. The number of pyridine rings is 2. The Morgan fingerprint density at radius 2 is 1.23 bits per heavy atom. The molecule has 11 nitrogen and oxygen atoms in total. The third-order valence-electron chi connectivity index (χ3n) is 6.87. The molecule has 0 amide bonds. The Labute approximate surface area is 280 Å². The van der Waals surface area contributed by atoms with E-state index in [1.54, 1.807) is 6.20 Å². The van der Waals surface area contributed by atoms with Crippen molar-refractivity contribution in [1.29, 1.82) is 0 Å². The van der Waals surface area contributed by atoms with Crippen LogP contribution in [0.25, 0.3) is 22.1 Å². The largest absolute Gasteiger partial charge is 0.381 e. The lowest BCUT2D eigenvalue weighted by atomic mass is 10.2. The average molecular weight is 731 g/mol. The van der Waals surface area contributed by atoms with Crippen LogP contribution in [-0.4, -0.2) is 101 Å². The fourth-order valence-electron chi connectivity index (χ4n) is 4.70. The highest BCUT2D eigenvalue weighted by Gasteiger charge is 2.19. The maximum absolute atomic E-state index is 6.15. The number of anilines is 1. The van der Waals surface area contributed by atoms with Crippen molar-refractivity contribution in [3.8, 4) is 0 Å². The van der Waals surface area contributed by atoms with Crippen molar-refractivity contribution in [2.45, 2.75) is 32.1 Å². The molecule has 3 aliphatic rings. The summed E-state index contributed by atoms with van der Waals surface area (Å²) in [7, 11) is 0. The van der Waals surface area contributed by atoms with Gasteiger partial charge in [0.2, 0.25) is 10.6 Å². The van der Waals surface area contributed by atoms with Gasteiger partial charge in [-0.05, 0) is 59.3 Å². The minimum absolute atomic E-state index is 0. The molecule has 3 fully saturated rings. The highest BCUT2D eigenvalue weighted by Crippen LogP contribution is 2.26. The van der Waals surface area contributed by atoms with Crippen molar-refractivity contribution >= 4 is 78.6 Å². The zero-order chi connectivity index (χ0) is 30.0. The van der Waals surface area contributed by atoms with Crippen LogP contribution in [0.1, 0.15) is 31.4 Å². The van der Waals surface area contributed by atoms with Crippen LogP contribution in [0.4, 0.5) is 5.82 Å². The van der Waals surface area contributed by atoms with Crippen molar-refractivity contribution in [1.82, 2.24) is 34.8 Å². The molecule has 7 rings (SSSR count). The SMILES string of the molecule is C.C1CCOC1.Clc1nc(Cl)c2ncc(CBr)cc2n1.Clc1nc(N2CCOCC2)c2ncc(CN3CCOCC3)cc2n1. The average Bonchev–Trinajstić information content (AvgIpc) is 3.62. The molecule has 44 heavy (non-hydrogen) atoms. The van der Waals surface area contributed by atoms with E-state index < -0.39 is 0 Å². The van der Waals surface area contributed by atoms with Crippen molar-refractivity contribution < 1.29 is 14.2 Å². The van der Waals surface area contributed by atoms with Gasteiger partial charge in [-0.1, -0.05) is 35.0 Å². The molecule has 3 aliphatic heterocycles. The molecular weight excluding hydrogens is 695 g/mol. The lowest BCUT2D eigenvalue weighted by Gasteiger charge is -2.28. The van der Waals surface area contributed by atoms with E-state index in [9.17, 15) is 0 Å². The summed E-state index contributed by atoms with van der Waals surface area (Å²) in [5.74, 6) is 0.797. The number of morpholine rings is 2. The van der Waals surface area contributed by atoms with E-state index >= 15 is 0 Å². The molecule has 0 saturated carbocycles. The van der Waals surface area contributed by atoms with E-state index in [0.29, 0.717) is 24.2 Å². The van der Waals surface area contributed by atoms with Gasteiger partial charge in [-0.25, -0.2) is 15.0 Å². The lowest BCUT2D eigenvalue weighted by molar-refractivity contribution is 0.0341. The summed E-state index contributed by atoms with van der Waals surface area (Å²) in [5, 5.41) is 1.39. The highest BCUT2D eigenvalue weighted by molar-refractivity contribution is 9.08. The second-order valence-corrected chi connectivity index (χ2v) is 11.6. The molecular formula is C29H36BrCl3N8O3. The number of aromatic nitrogens is 6. The molecule has 0 spiro atoms. The van der Waals surface area contributed by atoms with E-state index in [4.69, 9.17) is 49.0 Å². The van der Waals surface area contributed by atoms with Gasteiger partial charge in [-0.2, -0.15) is 4.98 Å². The Hall–Kier alpha value is -2.03. The summed E-state index contributed by atoms with van der Waals surface area (Å²) in [6, 6.07) is 3.94. The number of fused-ring (bicyclic) bond motifs is 2. The van der Waals surface area contributed by atoms with Gasteiger partial charge < -0.3 is 19.1 Å². The molecule has 0 N–H and O–H groups in total. The van der Waals surface area contributed by atoms with Gasteiger partial charge in [0.05, 0.1) is 37.5 Å². The van der Waals surface area contributed by atoms with Gasteiger partial charge >= 0.3 is 0 Å². The van der Waals surface area contributed by atoms with Crippen molar-refractivity contribution in [3.63, 3.8) is 0 Å². The normalized spacial score (nSPS) is 17.0. The second kappa shape index (κ2) is 17.6. The van der Waals surface area contributed by atoms with Gasteiger partial charge in [-0.15, -0.1) is 0 Å². The Morgan fingerprint density at radius 1 is 0.682 bits per heavy atom. The fourth-order valence-corrected chi connectivity index (χ4v) is 5.62. The standard InChI is InChI=1S/C16H20ClN5O2.C8H4BrCl2N3.C4H8O.CH4/c17-16-19-13-9-12(11-21-1-5-23-6-2-21)10-18-14(13)15(20-16)22-3-7-24-8-4-22;9-2-4-1-5-6(12-3-4)7(10)14-8(11)13-5;1-2-4-5-3-1;/h9-10H,1-8,11H2;1,3H,2H2;1-4H2;1H4. The third-order valence-corrected chi connectivity index (χ3v) is 8.12. The Kier molecular flexibility index (Phi) is 13.9. The zero-order valence-corrected chi connectivity index (χ0v) is 27.4. The number of alkyl halides is 1. The minimum Gasteiger partial charge on any atom is -0.381 e. The Morgan fingerprint density at radius 3 is 1.86 bits per heavy atom. The smallest absolute Gasteiger partial charge is 0.225 e. The maximum Gasteiger partial charge on any atom is 0.225 e. The number of hydrogen-bond acceptors (Lipinski definition) is 11. The molecule has 0 aromatic carbocycles. The van der Waals surface area contributed by atoms with Crippen LogP contribution in [0, 0.1) is 0 Å². The summed E-state index contributed by atoms with van der Waals surface area (Å²) < 4.78 is 15.8. The number of halogens is 4. The molecule has 7 heterocycles. The molecule has 0 aliphatic carbocycles. The first-order valence-corrected chi connectivity index (χ1v) is 16.3. The van der Waals surface area contributed by atoms with Gasteiger partial charge in [0.25, 0.3) is 0 Å². The minimum atomic E-state index is 0. The number of nitrogens with zero attached hydrogens (tertiary/aromatic N) is 8. The molecule has 0 unspecified atom stereocenters. The molecule has 3 saturated heterocycles. The first-order chi connectivity index (χ1) is 21.0. The molecule has 0 radical (unpaired) electrons. The van der Waals surface area contributed by atoms with Crippen LogP contribution in [0.5, 0.6) is 0 Å². The number of ether oxygens (including phenoxy) is 3. The van der Waals surface area contributed by atoms with Crippen LogP contribution in [-0.2, 0) is 26.1 Å². The van der Waals surface area contributed by atoms with Crippen LogP contribution < -0.4 is 4.90 Å². The highest BCUT2D eigenvalue weighted by atomic mass is 79.9. The van der Waals surface area contributed by atoms with Crippen molar-refractivity contribution in [2.24, 2.45) is 0 Å². The predicted octanol–water partition coefficient (Wildman–Crippen LogP) is 6.01. The summed E-state index contributed by atoms with van der Waals surface area (Å²) in [4.78, 5) is 29.9. The van der Waals surface area contributed by atoms with Gasteiger partial charge in [0, 0.05) is 63.7 Å². The predicted molar refractivity (Wildman–Crippen MR) is 178 cm³/mol.